The number of hydrogen-bond acceptors (Lipinski definition) is 4. The van der Waals surface area contributed by atoms with Crippen molar-refractivity contribution in [1.29, 1.82) is 0 Å². The van der Waals surface area contributed by atoms with Crippen LogP contribution in [0.1, 0.15) is 12.8 Å². The van der Waals surface area contributed by atoms with E-state index in [1.807, 2.05) is 0 Å². The molecule has 1 aromatic heterocycles. The Labute approximate surface area is 84.5 Å². The molecule has 14 heavy (non-hydrogen) atoms. The maximum Gasteiger partial charge on any atom is 0.208 e. The monoisotopic (exact) mass is 195 g/mol. The zero-order valence-corrected chi connectivity index (χ0v) is 8.65. The standard InChI is InChI=1S/C10H17N3O/c1-2-12-4-6-13(7-5-12)9-10-11-3-8-14-10/h3,8H,2,4-7,9H2,1H3. The SMILES string of the molecule is CCN1CCN(Cc2ncco2)CC1. The molecular weight excluding hydrogens is 178 g/mol. The number of hydrogen-bond donors (Lipinski definition) is 0. The molecule has 1 aromatic rings. The van der Waals surface area contributed by atoms with Crippen LogP contribution in [0.25, 0.3) is 0 Å². The van der Waals surface area contributed by atoms with Crippen molar-refractivity contribution in [2.45, 2.75) is 13.5 Å². The molecule has 0 radical (unpaired) electrons. The first kappa shape index (κ1) is 9.68. The van der Waals surface area contributed by atoms with Crippen molar-refractivity contribution in [3.05, 3.63) is 18.4 Å². The Balaban J connectivity index is 1.79. The van der Waals surface area contributed by atoms with E-state index < -0.39 is 0 Å². The summed E-state index contributed by atoms with van der Waals surface area (Å²) in [4.78, 5) is 8.98. The molecule has 2 heterocycles. The topological polar surface area (TPSA) is 32.5 Å². The Kier molecular flexibility index (Phi) is 3.16. The van der Waals surface area contributed by atoms with Crippen molar-refractivity contribution in [2.75, 3.05) is 32.7 Å². The Morgan fingerprint density at radius 2 is 2.00 bits per heavy atom. The van der Waals surface area contributed by atoms with Crippen LogP contribution in [0.4, 0.5) is 0 Å². The van der Waals surface area contributed by atoms with Crippen molar-refractivity contribution in [2.24, 2.45) is 0 Å². The molecule has 4 heteroatoms. The molecule has 0 aliphatic carbocycles. The fourth-order valence-electron chi connectivity index (χ4n) is 1.79. The van der Waals surface area contributed by atoms with Gasteiger partial charge in [0.05, 0.1) is 12.7 Å². The van der Waals surface area contributed by atoms with Crippen LogP contribution < -0.4 is 0 Å². The summed E-state index contributed by atoms with van der Waals surface area (Å²) in [5, 5.41) is 0. The van der Waals surface area contributed by atoms with E-state index in [1.165, 1.54) is 0 Å². The van der Waals surface area contributed by atoms with Gasteiger partial charge in [0.15, 0.2) is 0 Å². The lowest BCUT2D eigenvalue weighted by molar-refractivity contribution is 0.123. The Hall–Kier alpha value is -0.870. The Morgan fingerprint density at radius 1 is 1.29 bits per heavy atom. The first-order valence-corrected chi connectivity index (χ1v) is 5.21. The van der Waals surface area contributed by atoms with E-state index in [9.17, 15) is 0 Å². The molecule has 1 saturated heterocycles. The third-order valence-electron chi connectivity index (χ3n) is 2.75. The summed E-state index contributed by atoms with van der Waals surface area (Å²) in [7, 11) is 0. The van der Waals surface area contributed by atoms with E-state index in [0.717, 1.165) is 45.2 Å². The minimum Gasteiger partial charge on any atom is -0.448 e. The molecule has 1 aliphatic heterocycles. The van der Waals surface area contributed by atoms with Gasteiger partial charge in [-0.05, 0) is 6.54 Å². The van der Waals surface area contributed by atoms with Gasteiger partial charge in [0.25, 0.3) is 0 Å². The highest BCUT2D eigenvalue weighted by Gasteiger charge is 2.16. The first-order chi connectivity index (χ1) is 6.88. The highest BCUT2D eigenvalue weighted by molar-refractivity contribution is 4.82. The first-order valence-electron chi connectivity index (χ1n) is 5.21. The molecule has 0 aromatic carbocycles. The van der Waals surface area contributed by atoms with Crippen molar-refractivity contribution < 1.29 is 4.42 Å². The van der Waals surface area contributed by atoms with Crippen LogP contribution in [0.5, 0.6) is 0 Å². The Morgan fingerprint density at radius 3 is 2.57 bits per heavy atom. The van der Waals surface area contributed by atoms with Crippen LogP contribution in [0, 0.1) is 0 Å². The summed E-state index contributed by atoms with van der Waals surface area (Å²) < 4.78 is 5.22. The van der Waals surface area contributed by atoms with Gasteiger partial charge in [0, 0.05) is 26.2 Å². The quantitative estimate of drug-likeness (QED) is 0.714. The Bertz CT molecular complexity index is 252. The third kappa shape index (κ3) is 2.33. The number of nitrogens with zero attached hydrogens (tertiary/aromatic N) is 3. The number of aromatic nitrogens is 1. The van der Waals surface area contributed by atoms with Crippen LogP contribution in [-0.2, 0) is 6.54 Å². The lowest BCUT2D eigenvalue weighted by Crippen LogP contribution is -2.45. The zero-order chi connectivity index (χ0) is 9.80. The summed E-state index contributed by atoms with van der Waals surface area (Å²) in [5.41, 5.74) is 0. The molecule has 4 nitrogen and oxygen atoms in total. The largest absolute Gasteiger partial charge is 0.448 e. The van der Waals surface area contributed by atoms with E-state index in [1.54, 1.807) is 12.5 Å². The summed E-state index contributed by atoms with van der Waals surface area (Å²) in [6.45, 7) is 8.79. The minimum atomic E-state index is 0.829. The average molecular weight is 195 g/mol. The molecule has 0 amide bonds. The van der Waals surface area contributed by atoms with Crippen molar-refractivity contribution in [1.82, 2.24) is 14.8 Å². The van der Waals surface area contributed by atoms with E-state index in [-0.39, 0.29) is 0 Å². The van der Waals surface area contributed by atoms with E-state index in [0.29, 0.717) is 0 Å². The van der Waals surface area contributed by atoms with Gasteiger partial charge in [0.1, 0.15) is 6.26 Å². The van der Waals surface area contributed by atoms with Crippen LogP contribution in [-0.4, -0.2) is 47.5 Å². The highest BCUT2D eigenvalue weighted by Crippen LogP contribution is 2.06. The summed E-state index contributed by atoms with van der Waals surface area (Å²) in [5.74, 6) is 0.829. The molecule has 0 N–H and O–H groups in total. The summed E-state index contributed by atoms with van der Waals surface area (Å²) >= 11 is 0. The van der Waals surface area contributed by atoms with Crippen LogP contribution >= 0.6 is 0 Å². The molecule has 0 atom stereocenters. The lowest BCUT2D eigenvalue weighted by atomic mass is 10.3. The van der Waals surface area contributed by atoms with Crippen LogP contribution in [0.15, 0.2) is 16.9 Å². The molecular formula is C10H17N3O. The molecule has 0 saturated carbocycles. The van der Waals surface area contributed by atoms with Gasteiger partial charge in [-0.15, -0.1) is 0 Å². The van der Waals surface area contributed by atoms with E-state index in [2.05, 4.69) is 21.7 Å². The molecule has 0 bridgehead atoms. The predicted octanol–water partition coefficient (Wildman–Crippen LogP) is 0.812. The molecule has 2 rings (SSSR count). The number of likely N-dealkylation sites (N-methyl/N-ethyl adjacent to an activating group) is 1. The second kappa shape index (κ2) is 4.57. The van der Waals surface area contributed by atoms with Gasteiger partial charge in [-0.25, -0.2) is 4.98 Å². The van der Waals surface area contributed by atoms with Crippen molar-refractivity contribution >= 4 is 0 Å². The van der Waals surface area contributed by atoms with Gasteiger partial charge in [-0.2, -0.15) is 0 Å². The normalized spacial score (nSPS) is 20.1. The number of oxazole rings is 1. The van der Waals surface area contributed by atoms with Gasteiger partial charge >= 0.3 is 0 Å². The maximum absolute atomic E-state index is 5.22. The number of piperazine rings is 1. The van der Waals surface area contributed by atoms with E-state index in [4.69, 9.17) is 4.42 Å². The smallest absolute Gasteiger partial charge is 0.208 e. The molecule has 0 spiro atoms. The third-order valence-corrected chi connectivity index (χ3v) is 2.75. The number of rotatable bonds is 3. The summed E-state index contributed by atoms with van der Waals surface area (Å²) in [6, 6.07) is 0. The molecule has 1 fully saturated rings. The predicted molar refractivity (Wildman–Crippen MR) is 53.9 cm³/mol. The molecule has 0 unspecified atom stereocenters. The van der Waals surface area contributed by atoms with Crippen molar-refractivity contribution in [3.63, 3.8) is 0 Å². The molecule has 78 valence electrons. The summed E-state index contributed by atoms with van der Waals surface area (Å²) in [6.07, 6.45) is 3.34. The second-order valence-electron chi connectivity index (χ2n) is 3.64. The zero-order valence-electron chi connectivity index (χ0n) is 8.65. The lowest BCUT2D eigenvalue weighted by Gasteiger charge is -2.33. The minimum absolute atomic E-state index is 0.829. The van der Waals surface area contributed by atoms with Crippen LogP contribution in [0.3, 0.4) is 0 Å². The average Bonchev–Trinajstić information content (AvgIpc) is 2.72. The highest BCUT2D eigenvalue weighted by atomic mass is 16.3. The fraction of sp³-hybridized carbons (Fsp3) is 0.700. The maximum atomic E-state index is 5.22. The van der Waals surface area contributed by atoms with Gasteiger partial charge in [-0.1, -0.05) is 6.92 Å². The van der Waals surface area contributed by atoms with Crippen LogP contribution in [0.2, 0.25) is 0 Å². The van der Waals surface area contributed by atoms with Gasteiger partial charge in [0.2, 0.25) is 5.89 Å². The molecule has 1 aliphatic rings. The van der Waals surface area contributed by atoms with E-state index >= 15 is 0 Å². The van der Waals surface area contributed by atoms with Gasteiger partial charge < -0.3 is 9.32 Å². The second-order valence-corrected chi connectivity index (χ2v) is 3.64. The van der Waals surface area contributed by atoms with Gasteiger partial charge in [-0.3, -0.25) is 4.90 Å². The fourth-order valence-corrected chi connectivity index (χ4v) is 1.79. The van der Waals surface area contributed by atoms with Crippen molar-refractivity contribution in [3.8, 4) is 0 Å².